The monoisotopic (exact) mass is 371 g/mol. The summed E-state index contributed by atoms with van der Waals surface area (Å²) in [7, 11) is 0. The molecule has 0 aliphatic heterocycles. The van der Waals surface area contributed by atoms with Gasteiger partial charge in [0.2, 0.25) is 5.88 Å². The summed E-state index contributed by atoms with van der Waals surface area (Å²) < 4.78 is 5.82. The molecular formula is C22H21N5O. The summed E-state index contributed by atoms with van der Waals surface area (Å²) in [5.74, 6) is 1.66. The lowest BCUT2D eigenvalue weighted by atomic mass is 9.78. The van der Waals surface area contributed by atoms with E-state index in [2.05, 4.69) is 77.6 Å². The van der Waals surface area contributed by atoms with Crippen molar-refractivity contribution in [1.82, 2.24) is 25.2 Å². The summed E-state index contributed by atoms with van der Waals surface area (Å²) >= 11 is 0. The minimum Gasteiger partial charge on any atom is -0.438 e. The molecule has 4 rings (SSSR count). The molecule has 0 N–H and O–H groups in total. The quantitative estimate of drug-likeness (QED) is 0.517. The fourth-order valence-electron chi connectivity index (χ4n) is 3.01. The summed E-state index contributed by atoms with van der Waals surface area (Å²) in [4.78, 5) is 1.40. The molecule has 140 valence electrons. The van der Waals surface area contributed by atoms with E-state index in [1.165, 1.54) is 21.5 Å². The second kappa shape index (κ2) is 7.23. The summed E-state index contributed by atoms with van der Waals surface area (Å²) in [5.41, 5.74) is 3.67. The molecule has 0 saturated carbocycles. The molecule has 0 fully saturated rings. The fourth-order valence-corrected chi connectivity index (χ4v) is 3.01. The lowest BCUT2D eigenvalue weighted by Crippen LogP contribution is -2.18. The van der Waals surface area contributed by atoms with E-state index in [-0.39, 0.29) is 5.41 Å². The van der Waals surface area contributed by atoms with Crippen LogP contribution in [0.5, 0.6) is 11.6 Å². The van der Waals surface area contributed by atoms with Crippen LogP contribution in [0.15, 0.2) is 73.1 Å². The molecule has 6 nitrogen and oxygen atoms in total. The van der Waals surface area contributed by atoms with Crippen molar-refractivity contribution in [1.29, 1.82) is 0 Å². The number of rotatable bonds is 5. The first-order valence-corrected chi connectivity index (χ1v) is 9.08. The van der Waals surface area contributed by atoms with E-state index in [0.717, 1.165) is 0 Å². The van der Waals surface area contributed by atoms with Gasteiger partial charge in [0.15, 0.2) is 5.82 Å². The van der Waals surface area contributed by atoms with Gasteiger partial charge in [-0.2, -0.15) is 10.2 Å². The Bertz CT molecular complexity index is 1040. The van der Waals surface area contributed by atoms with Crippen LogP contribution in [-0.2, 0) is 5.41 Å². The lowest BCUT2D eigenvalue weighted by molar-refractivity contribution is 0.453. The Hall–Kier alpha value is -3.54. The van der Waals surface area contributed by atoms with Crippen molar-refractivity contribution in [2.75, 3.05) is 0 Å². The molecule has 0 atom stereocenters. The molecule has 2 aromatic carbocycles. The normalized spacial score (nSPS) is 11.4. The van der Waals surface area contributed by atoms with Crippen LogP contribution in [0.1, 0.15) is 30.5 Å². The zero-order valence-electron chi connectivity index (χ0n) is 16.1. The van der Waals surface area contributed by atoms with Gasteiger partial charge < -0.3 is 4.74 Å². The predicted molar refractivity (Wildman–Crippen MR) is 107 cm³/mol. The van der Waals surface area contributed by atoms with Crippen molar-refractivity contribution in [2.45, 2.75) is 26.2 Å². The second-order valence-corrected chi connectivity index (χ2v) is 7.17. The Morgan fingerprint density at radius 1 is 0.750 bits per heavy atom. The van der Waals surface area contributed by atoms with Crippen molar-refractivity contribution in [2.24, 2.45) is 0 Å². The standard InChI is InChI=1S/C22H21N5O/c1-16-4-6-17(7-5-16)22(2,3)18-8-10-19(11-9-18)28-21-13-12-20(25-26-21)27-23-14-15-24-27/h4-15H,1-3H3. The zero-order chi connectivity index (χ0) is 19.6. The Kier molecular flexibility index (Phi) is 4.61. The third-order valence-corrected chi connectivity index (χ3v) is 4.82. The van der Waals surface area contributed by atoms with Crippen molar-refractivity contribution in [3.63, 3.8) is 0 Å². The van der Waals surface area contributed by atoms with E-state index in [1.807, 2.05) is 12.1 Å². The van der Waals surface area contributed by atoms with Crippen LogP contribution >= 0.6 is 0 Å². The van der Waals surface area contributed by atoms with Gasteiger partial charge >= 0.3 is 0 Å². The molecule has 0 aliphatic carbocycles. The maximum Gasteiger partial charge on any atom is 0.238 e. The molecular weight excluding hydrogens is 350 g/mol. The van der Waals surface area contributed by atoms with Crippen molar-refractivity contribution in [3.8, 4) is 17.4 Å². The molecule has 0 spiro atoms. The predicted octanol–water partition coefficient (Wildman–Crippen LogP) is 4.48. The number of hydrogen-bond acceptors (Lipinski definition) is 5. The number of hydrogen-bond donors (Lipinski definition) is 0. The first-order chi connectivity index (χ1) is 13.5. The van der Waals surface area contributed by atoms with Gasteiger partial charge in [-0.05, 0) is 36.2 Å². The molecule has 6 heteroatoms. The van der Waals surface area contributed by atoms with E-state index in [9.17, 15) is 0 Å². The summed E-state index contributed by atoms with van der Waals surface area (Å²) in [5, 5.41) is 16.2. The number of nitrogens with zero attached hydrogens (tertiary/aromatic N) is 5. The molecule has 0 amide bonds. The number of benzene rings is 2. The highest BCUT2D eigenvalue weighted by Gasteiger charge is 2.22. The highest BCUT2D eigenvalue weighted by Crippen LogP contribution is 2.33. The Balaban J connectivity index is 1.49. The average Bonchev–Trinajstić information content (AvgIpc) is 3.24. The van der Waals surface area contributed by atoms with Crippen molar-refractivity contribution >= 4 is 0 Å². The summed E-state index contributed by atoms with van der Waals surface area (Å²) in [6.45, 7) is 6.55. The SMILES string of the molecule is Cc1ccc(C(C)(C)c2ccc(Oc3ccc(-n4nccn4)nn3)cc2)cc1. The fraction of sp³-hybridized carbons (Fsp3) is 0.182. The number of ether oxygens (including phenoxy) is 1. The second-order valence-electron chi connectivity index (χ2n) is 7.17. The molecule has 2 aromatic heterocycles. The lowest BCUT2D eigenvalue weighted by Gasteiger charge is -2.26. The highest BCUT2D eigenvalue weighted by atomic mass is 16.5. The molecule has 0 unspecified atom stereocenters. The van der Waals surface area contributed by atoms with Gasteiger partial charge in [0.1, 0.15) is 5.75 Å². The minimum atomic E-state index is -0.0928. The first-order valence-electron chi connectivity index (χ1n) is 9.08. The maximum atomic E-state index is 5.82. The maximum absolute atomic E-state index is 5.82. The Morgan fingerprint density at radius 3 is 1.93 bits per heavy atom. The van der Waals surface area contributed by atoms with Crippen LogP contribution in [0.25, 0.3) is 5.82 Å². The number of aryl methyl sites for hydroxylation is 1. The van der Waals surface area contributed by atoms with Gasteiger partial charge in [-0.25, -0.2) is 0 Å². The summed E-state index contributed by atoms with van der Waals surface area (Å²) in [6, 6.07) is 20.3. The molecule has 0 saturated heterocycles. The topological polar surface area (TPSA) is 65.7 Å². The molecule has 0 bridgehead atoms. The van der Waals surface area contributed by atoms with E-state index in [0.29, 0.717) is 17.4 Å². The third kappa shape index (κ3) is 3.62. The van der Waals surface area contributed by atoms with Gasteiger partial charge in [-0.15, -0.1) is 15.0 Å². The van der Waals surface area contributed by atoms with E-state index in [4.69, 9.17) is 4.74 Å². The first kappa shape index (κ1) is 17.9. The zero-order valence-corrected chi connectivity index (χ0v) is 16.1. The van der Waals surface area contributed by atoms with Gasteiger partial charge in [0.05, 0.1) is 12.4 Å². The smallest absolute Gasteiger partial charge is 0.238 e. The summed E-state index contributed by atoms with van der Waals surface area (Å²) in [6.07, 6.45) is 3.18. The highest BCUT2D eigenvalue weighted by molar-refractivity contribution is 5.41. The van der Waals surface area contributed by atoms with Crippen LogP contribution in [-0.4, -0.2) is 25.2 Å². The third-order valence-electron chi connectivity index (χ3n) is 4.82. The Labute approximate surface area is 163 Å². The van der Waals surface area contributed by atoms with Crippen LogP contribution in [0.2, 0.25) is 0 Å². The average molecular weight is 371 g/mol. The molecule has 0 aliphatic rings. The molecule has 4 aromatic rings. The van der Waals surface area contributed by atoms with E-state index < -0.39 is 0 Å². The van der Waals surface area contributed by atoms with Gasteiger partial charge in [0, 0.05) is 11.5 Å². The Morgan fingerprint density at radius 2 is 1.36 bits per heavy atom. The van der Waals surface area contributed by atoms with Crippen LogP contribution in [0, 0.1) is 6.92 Å². The van der Waals surface area contributed by atoms with E-state index in [1.54, 1.807) is 24.5 Å². The van der Waals surface area contributed by atoms with E-state index >= 15 is 0 Å². The molecule has 2 heterocycles. The molecule has 28 heavy (non-hydrogen) atoms. The van der Waals surface area contributed by atoms with Crippen molar-refractivity contribution < 1.29 is 4.74 Å². The van der Waals surface area contributed by atoms with Crippen LogP contribution < -0.4 is 4.74 Å². The molecule has 0 radical (unpaired) electrons. The van der Waals surface area contributed by atoms with Crippen molar-refractivity contribution in [3.05, 3.63) is 89.7 Å². The number of aromatic nitrogens is 5. The van der Waals surface area contributed by atoms with Gasteiger partial charge in [0.25, 0.3) is 0 Å². The van der Waals surface area contributed by atoms with Gasteiger partial charge in [-0.3, -0.25) is 0 Å². The van der Waals surface area contributed by atoms with Crippen LogP contribution in [0.3, 0.4) is 0 Å². The van der Waals surface area contributed by atoms with Crippen LogP contribution in [0.4, 0.5) is 0 Å². The largest absolute Gasteiger partial charge is 0.438 e. The van der Waals surface area contributed by atoms with Gasteiger partial charge in [-0.1, -0.05) is 55.8 Å². The minimum absolute atomic E-state index is 0.0928.